The largest absolute Gasteiger partial charge is 0.343 e. The molecular formula is C14H17NO2. The molecule has 0 fully saturated rings. The smallest absolute Gasteiger partial charge is 0.217 e. The summed E-state index contributed by atoms with van der Waals surface area (Å²) in [5, 5.41) is 2.85. The third-order valence-electron chi connectivity index (χ3n) is 3.52. The second-order valence-electron chi connectivity index (χ2n) is 4.76. The number of ketones is 1. The van der Waals surface area contributed by atoms with Crippen LogP contribution >= 0.6 is 0 Å². The fraction of sp³-hybridized carbons (Fsp3) is 0.429. The zero-order chi connectivity index (χ0) is 12.5. The summed E-state index contributed by atoms with van der Waals surface area (Å²) in [6.45, 7) is 3.02. The molecular weight excluding hydrogens is 214 g/mol. The average Bonchev–Trinajstić information content (AvgIpc) is 2.27. The van der Waals surface area contributed by atoms with Crippen molar-refractivity contribution in [3.8, 4) is 0 Å². The van der Waals surface area contributed by atoms with Gasteiger partial charge in [-0.15, -0.1) is 0 Å². The predicted octanol–water partition coefficient (Wildman–Crippen LogP) is 1.64. The molecule has 1 atom stereocenters. The molecule has 1 amide bonds. The van der Waals surface area contributed by atoms with E-state index in [9.17, 15) is 9.59 Å². The first-order valence-electron chi connectivity index (χ1n) is 5.90. The van der Waals surface area contributed by atoms with Gasteiger partial charge in [-0.2, -0.15) is 0 Å². The molecule has 3 nitrogen and oxygen atoms in total. The highest BCUT2D eigenvalue weighted by atomic mass is 16.2. The molecule has 0 bridgehead atoms. The molecule has 2 rings (SSSR count). The van der Waals surface area contributed by atoms with Crippen molar-refractivity contribution in [3.63, 3.8) is 0 Å². The second-order valence-corrected chi connectivity index (χ2v) is 4.76. The maximum absolute atomic E-state index is 11.9. The van der Waals surface area contributed by atoms with Crippen LogP contribution in [0.4, 0.5) is 0 Å². The van der Waals surface area contributed by atoms with Crippen molar-refractivity contribution in [2.24, 2.45) is 0 Å². The Hall–Kier alpha value is -1.64. The van der Waals surface area contributed by atoms with Gasteiger partial charge in [-0.25, -0.2) is 0 Å². The van der Waals surface area contributed by atoms with Crippen LogP contribution in [0, 0.1) is 0 Å². The highest BCUT2D eigenvalue weighted by Gasteiger charge is 2.39. The predicted molar refractivity (Wildman–Crippen MR) is 65.7 cm³/mol. The lowest BCUT2D eigenvalue weighted by Gasteiger charge is -2.36. The second kappa shape index (κ2) is 4.32. The zero-order valence-corrected chi connectivity index (χ0v) is 10.2. The van der Waals surface area contributed by atoms with Crippen LogP contribution in [-0.4, -0.2) is 17.2 Å². The number of hydrogen-bond donors (Lipinski definition) is 1. The standard InChI is InChI=1S/C14H17NO2/c1-10(16)14(15-11(2)17)8-7-12-5-3-4-6-13(12)9-14/h3-6H,7-9H2,1-2H3,(H,15,17). The summed E-state index contributed by atoms with van der Waals surface area (Å²) in [5.74, 6) is -0.0956. The highest BCUT2D eigenvalue weighted by molar-refractivity contribution is 5.91. The Kier molecular flexibility index (Phi) is 3.01. The van der Waals surface area contributed by atoms with Gasteiger partial charge in [0.15, 0.2) is 5.78 Å². The molecule has 0 spiro atoms. The van der Waals surface area contributed by atoms with Crippen molar-refractivity contribution >= 4 is 11.7 Å². The molecule has 1 N–H and O–H groups in total. The van der Waals surface area contributed by atoms with Gasteiger partial charge in [0.1, 0.15) is 5.54 Å². The van der Waals surface area contributed by atoms with Crippen molar-refractivity contribution in [1.29, 1.82) is 0 Å². The van der Waals surface area contributed by atoms with Gasteiger partial charge in [0, 0.05) is 13.3 Å². The van der Waals surface area contributed by atoms with Gasteiger partial charge in [0.25, 0.3) is 0 Å². The van der Waals surface area contributed by atoms with Gasteiger partial charge in [-0.1, -0.05) is 24.3 Å². The number of carbonyl (C=O) groups excluding carboxylic acids is 2. The van der Waals surface area contributed by atoms with E-state index >= 15 is 0 Å². The van der Waals surface area contributed by atoms with Gasteiger partial charge < -0.3 is 5.32 Å². The summed E-state index contributed by atoms with van der Waals surface area (Å²) in [5.41, 5.74) is 1.76. The normalized spacial score (nSPS) is 22.7. The number of fused-ring (bicyclic) bond motifs is 1. The molecule has 0 aliphatic heterocycles. The fourth-order valence-corrected chi connectivity index (χ4v) is 2.57. The maximum Gasteiger partial charge on any atom is 0.217 e. The van der Waals surface area contributed by atoms with Crippen molar-refractivity contribution < 1.29 is 9.59 Å². The minimum atomic E-state index is -0.694. The van der Waals surface area contributed by atoms with E-state index in [1.165, 1.54) is 18.1 Å². The molecule has 17 heavy (non-hydrogen) atoms. The van der Waals surface area contributed by atoms with Gasteiger partial charge in [-0.05, 0) is 30.9 Å². The molecule has 1 aliphatic carbocycles. The number of hydrogen-bond acceptors (Lipinski definition) is 2. The first kappa shape index (κ1) is 11.8. The number of benzene rings is 1. The zero-order valence-electron chi connectivity index (χ0n) is 10.2. The number of Topliss-reactive ketones (excluding diaryl/α,β-unsaturated/α-hetero) is 1. The Morgan fingerprint density at radius 1 is 1.18 bits per heavy atom. The van der Waals surface area contributed by atoms with Crippen LogP contribution in [-0.2, 0) is 22.4 Å². The summed E-state index contributed by atoms with van der Waals surface area (Å²) in [6.07, 6.45) is 2.15. The minimum absolute atomic E-state index is 0.0437. The van der Waals surface area contributed by atoms with Gasteiger partial charge in [0.05, 0.1) is 0 Å². The Bertz CT molecular complexity index is 467. The highest BCUT2D eigenvalue weighted by Crippen LogP contribution is 2.29. The van der Waals surface area contributed by atoms with E-state index in [1.807, 2.05) is 18.2 Å². The summed E-state index contributed by atoms with van der Waals surface area (Å²) in [4.78, 5) is 23.1. The first-order valence-corrected chi connectivity index (χ1v) is 5.90. The van der Waals surface area contributed by atoms with E-state index < -0.39 is 5.54 Å². The summed E-state index contributed by atoms with van der Waals surface area (Å²) >= 11 is 0. The van der Waals surface area contributed by atoms with Crippen molar-refractivity contribution in [2.45, 2.75) is 38.6 Å². The van der Waals surface area contributed by atoms with E-state index in [-0.39, 0.29) is 11.7 Å². The number of carbonyl (C=O) groups is 2. The average molecular weight is 231 g/mol. The van der Waals surface area contributed by atoms with Crippen molar-refractivity contribution in [2.75, 3.05) is 0 Å². The van der Waals surface area contributed by atoms with E-state index in [1.54, 1.807) is 6.92 Å². The Labute approximate surface area is 101 Å². The fourth-order valence-electron chi connectivity index (χ4n) is 2.57. The molecule has 3 heteroatoms. The number of nitrogens with one attached hydrogen (secondary N) is 1. The van der Waals surface area contributed by atoms with Crippen LogP contribution in [0.25, 0.3) is 0 Å². The lowest BCUT2D eigenvalue weighted by molar-refractivity contribution is -0.130. The quantitative estimate of drug-likeness (QED) is 0.841. The van der Waals surface area contributed by atoms with Crippen LogP contribution in [0.2, 0.25) is 0 Å². The van der Waals surface area contributed by atoms with Crippen LogP contribution in [0.15, 0.2) is 24.3 Å². The monoisotopic (exact) mass is 231 g/mol. The Morgan fingerprint density at radius 2 is 1.82 bits per heavy atom. The topological polar surface area (TPSA) is 46.2 Å². The Balaban J connectivity index is 2.34. The number of rotatable bonds is 2. The summed E-state index contributed by atoms with van der Waals surface area (Å²) in [7, 11) is 0. The van der Waals surface area contributed by atoms with Crippen LogP contribution < -0.4 is 5.32 Å². The van der Waals surface area contributed by atoms with Crippen LogP contribution in [0.3, 0.4) is 0 Å². The maximum atomic E-state index is 11.9. The van der Waals surface area contributed by atoms with E-state index in [0.29, 0.717) is 12.8 Å². The van der Waals surface area contributed by atoms with Crippen molar-refractivity contribution in [3.05, 3.63) is 35.4 Å². The van der Waals surface area contributed by atoms with Gasteiger partial charge >= 0.3 is 0 Å². The van der Waals surface area contributed by atoms with E-state index in [2.05, 4.69) is 11.4 Å². The van der Waals surface area contributed by atoms with Crippen LogP contribution in [0.1, 0.15) is 31.4 Å². The molecule has 90 valence electrons. The molecule has 0 aromatic heterocycles. The van der Waals surface area contributed by atoms with Gasteiger partial charge in [0.2, 0.25) is 5.91 Å². The molecule has 0 radical (unpaired) electrons. The SMILES string of the molecule is CC(=O)NC1(C(C)=O)CCc2ccccc2C1. The van der Waals surface area contributed by atoms with E-state index in [0.717, 1.165) is 6.42 Å². The third kappa shape index (κ3) is 2.23. The van der Waals surface area contributed by atoms with Crippen molar-refractivity contribution in [1.82, 2.24) is 5.32 Å². The molecule has 1 aromatic rings. The summed E-state index contributed by atoms with van der Waals surface area (Å²) < 4.78 is 0. The van der Waals surface area contributed by atoms with Gasteiger partial charge in [-0.3, -0.25) is 9.59 Å². The molecule has 0 saturated carbocycles. The molecule has 1 aliphatic rings. The molecule has 0 saturated heterocycles. The lowest BCUT2D eigenvalue weighted by Crippen LogP contribution is -2.56. The first-order chi connectivity index (χ1) is 8.03. The van der Waals surface area contributed by atoms with E-state index in [4.69, 9.17) is 0 Å². The number of amides is 1. The molecule has 1 unspecified atom stereocenters. The third-order valence-corrected chi connectivity index (χ3v) is 3.52. The minimum Gasteiger partial charge on any atom is -0.343 e. The lowest BCUT2D eigenvalue weighted by atomic mass is 9.75. The Morgan fingerprint density at radius 3 is 2.41 bits per heavy atom. The molecule has 1 aromatic carbocycles. The molecule has 0 heterocycles. The number of aryl methyl sites for hydroxylation is 1. The summed E-state index contributed by atoms with van der Waals surface area (Å²) in [6, 6.07) is 8.11. The van der Waals surface area contributed by atoms with Crippen LogP contribution in [0.5, 0.6) is 0 Å².